The van der Waals surface area contributed by atoms with Gasteiger partial charge in [0.05, 0.1) is 19.3 Å². The zero-order valence-electron chi connectivity index (χ0n) is 11.6. The van der Waals surface area contributed by atoms with Crippen LogP contribution in [0.25, 0.3) is 0 Å². The van der Waals surface area contributed by atoms with Gasteiger partial charge >= 0.3 is 5.97 Å². The minimum atomic E-state index is -0.897. The Hall–Kier alpha value is -0.650. The standard InChI is InChI=1S/C13H25NO4/c1-4-17-7-8-18-10(2)9-13(3,12(15)16)14-11-5-6-11/h10-11,14H,4-9H2,1-3H3,(H,15,16). The average molecular weight is 259 g/mol. The number of nitrogens with one attached hydrogen (secondary N) is 1. The van der Waals surface area contributed by atoms with Gasteiger partial charge in [0.1, 0.15) is 5.54 Å². The minimum Gasteiger partial charge on any atom is -0.480 e. The first-order valence-electron chi connectivity index (χ1n) is 6.68. The molecule has 0 amide bonds. The molecule has 2 unspecified atom stereocenters. The molecular weight excluding hydrogens is 234 g/mol. The summed E-state index contributed by atoms with van der Waals surface area (Å²) >= 11 is 0. The van der Waals surface area contributed by atoms with E-state index < -0.39 is 11.5 Å². The van der Waals surface area contributed by atoms with Crippen LogP contribution in [0.2, 0.25) is 0 Å². The smallest absolute Gasteiger partial charge is 0.323 e. The first kappa shape index (κ1) is 15.4. The van der Waals surface area contributed by atoms with Crippen molar-refractivity contribution in [2.24, 2.45) is 0 Å². The first-order valence-corrected chi connectivity index (χ1v) is 6.68. The predicted octanol–water partition coefficient (Wildman–Crippen LogP) is 1.41. The van der Waals surface area contributed by atoms with E-state index in [1.807, 2.05) is 13.8 Å². The summed E-state index contributed by atoms with van der Waals surface area (Å²) < 4.78 is 10.7. The van der Waals surface area contributed by atoms with E-state index in [9.17, 15) is 9.90 Å². The Bertz CT molecular complexity index is 268. The van der Waals surface area contributed by atoms with Gasteiger partial charge in [0.2, 0.25) is 0 Å². The zero-order valence-corrected chi connectivity index (χ0v) is 11.6. The molecule has 106 valence electrons. The molecule has 1 aliphatic carbocycles. The molecule has 0 aromatic carbocycles. The van der Waals surface area contributed by atoms with Crippen molar-refractivity contribution in [3.63, 3.8) is 0 Å². The fourth-order valence-electron chi connectivity index (χ4n) is 1.97. The van der Waals surface area contributed by atoms with Gasteiger partial charge in [-0.15, -0.1) is 0 Å². The van der Waals surface area contributed by atoms with Crippen LogP contribution in [-0.4, -0.2) is 48.6 Å². The lowest BCUT2D eigenvalue weighted by Crippen LogP contribution is -2.52. The monoisotopic (exact) mass is 259 g/mol. The number of aliphatic carboxylic acids is 1. The van der Waals surface area contributed by atoms with Crippen molar-refractivity contribution >= 4 is 5.97 Å². The van der Waals surface area contributed by atoms with Gasteiger partial charge in [-0.05, 0) is 33.6 Å². The van der Waals surface area contributed by atoms with Gasteiger partial charge in [-0.1, -0.05) is 0 Å². The molecule has 0 aromatic heterocycles. The Morgan fingerprint density at radius 1 is 1.50 bits per heavy atom. The topological polar surface area (TPSA) is 67.8 Å². The summed E-state index contributed by atoms with van der Waals surface area (Å²) in [4.78, 5) is 11.4. The van der Waals surface area contributed by atoms with Crippen molar-refractivity contribution in [2.75, 3.05) is 19.8 Å². The van der Waals surface area contributed by atoms with E-state index in [4.69, 9.17) is 9.47 Å². The fourth-order valence-corrected chi connectivity index (χ4v) is 1.97. The molecule has 0 spiro atoms. The third-order valence-corrected chi connectivity index (χ3v) is 3.10. The number of hydrogen-bond acceptors (Lipinski definition) is 4. The van der Waals surface area contributed by atoms with E-state index in [0.717, 1.165) is 12.8 Å². The quantitative estimate of drug-likeness (QED) is 0.581. The molecule has 2 N–H and O–H groups in total. The van der Waals surface area contributed by atoms with E-state index in [1.165, 1.54) is 0 Å². The highest BCUT2D eigenvalue weighted by molar-refractivity contribution is 5.78. The number of rotatable bonds is 10. The van der Waals surface area contributed by atoms with Crippen LogP contribution in [-0.2, 0) is 14.3 Å². The number of ether oxygens (including phenoxy) is 2. The normalized spacial score (nSPS) is 20.4. The van der Waals surface area contributed by atoms with Gasteiger partial charge < -0.3 is 14.6 Å². The summed E-state index contributed by atoms with van der Waals surface area (Å²) in [6, 6.07) is 0.363. The van der Waals surface area contributed by atoms with Crippen molar-refractivity contribution < 1.29 is 19.4 Å². The summed E-state index contributed by atoms with van der Waals surface area (Å²) in [5.41, 5.74) is -0.897. The average Bonchev–Trinajstić information content (AvgIpc) is 3.07. The summed E-state index contributed by atoms with van der Waals surface area (Å²) in [5.74, 6) is -0.811. The second-order valence-electron chi connectivity index (χ2n) is 5.14. The number of hydrogen-bond donors (Lipinski definition) is 2. The predicted molar refractivity (Wildman–Crippen MR) is 68.7 cm³/mol. The lowest BCUT2D eigenvalue weighted by Gasteiger charge is -2.29. The molecule has 1 saturated carbocycles. The maximum absolute atomic E-state index is 11.4. The van der Waals surface area contributed by atoms with Crippen molar-refractivity contribution in [1.82, 2.24) is 5.32 Å². The van der Waals surface area contributed by atoms with Gasteiger partial charge in [-0.25, -0.2) is 0 Å². The third-order valence-electron chi connectivity index (χ3n) is 3.10. The van der Waals surface area contributed by atoms with Crippen LogP contribution in [0.4, 0.5) is 0 Å². The molecule has 0 radical (unpaired) electrons. The maximum atomic E-state index is 11.4. The molecule has 0 aliphatic heterocycles. The van der Waals surface area contributed by atoms with Gasteiger partial charge in [0, 0.05) is 19.1 Å². The van der Waals surface area contributed by atoms with Crippen LogP contribution in [0.5, 0.6) is 0 Å². The summed E-state index contributed by atoms with van der Waals surface area (Å²) in [6.07, 6.45) is 2.51. The zero-order chi connectivity index (χ0) is 13.6. The SMILES string of the molecule is CCOCCOC(C)CC(C)(NC1CC1)C(=O)O. The molecule has 5 nitrogen and oxygen atoms in total. The van der Waals surface area contributed by atoms with Crippen molar-refractivity contribution in [3.8, 4) is 0 Å². The Morgan fingerprint density at radius 3 is 2.67 bits per heavy atom. The van der Waals surface area contributed by atoms with Crippen LogP contribution >= 0.6 is 0 Å². The Kier molecular flexibility index (Phi) is 6.05. The highest BCUT2D eigenvalue weighted by atomic mass is 16.5. The molecule has 1 rings (SSSR count). The molecular formula is C13H25NO4. The van der Waals surface area contributed by atoms with E-state index in [2.05, 4.69) is 5.32 Å². The van der Waals surface area contributed by atoms with E-state index in [0.29, 0.717) is 32.3 Å². The lowest BCUT2D eigenvalue weighted by atomic mass is 9.94. The molecule has 5 heteroatoms. The molecule has 0 bridgehead atoms. The second kappa shape index (κ2) is 7.07. The Labute approximate surface area is 109 Å². The molecule has 2 atom stereocenters. The third kappa shape index (κ3) is 5.33. The maximum Gasteiger partial charge on any atom is 0.323 e. The Morgan fingerprint density at radius 2 is 2.17 bits per heavy atom. The summed E-state index contributed by atoms with van der Waals surface area (Å²) in [7, 11) is 0. The minimum absolute atomic E-state index is 0.0993. The molecule has 0 aromatic rings. The molecule has 18 heavy (non-hydrogen) atoms. The molecule has 0 heterocycles. The molecule has 0 saturated heterocycles. The van der Waals surface area contributed by atoms with E-state index in [-0.39, 0.29) is 6.10 Å². The van der Waals surface area contributed by atoms with Crippen LogP contribution in [0.3, 0.4) is 0 Å². The lowest BCUT2D eigenvalue weighted by molar-refractivity contribution is -0.146. The summed E-state index contributed by atoms with van der Waals surface area (Å²) in [6.45, 7) is 7.31. The summed E-state index contributed by atoms with van der Waals surface area (Å²) in [5, 5.41) is 12.5. The van der Waals surface area contributed by atoms with Crippen LogP contribution in [0, 0.1) is 0 Å². The van der Waals surface area contributed by atoms with Crippen LogP contribution in [0.1, 0.15) is 40.0 Å². The van der Waals surface area contributed by atoms with Crippen LogP contribution < -0.4 is 5.32 Å². The number of carboxylic acid groups (broad SMARTS) is 1. The first-order chi connectivity index (χ1) is 8.48. The number of carboxylic acids is 1. The van der Waals surface area contributed by atoms with E-state index >= 15 is 0 Å². The number of carbonyl (C=O) groups is 1. The fraction of sp³-hybridized carbons (Fsp3) is 0.923. The highest BCUT2D eigenvalue weighted by Crippen LogP contribution is 2.25. The van der Waals surface area contributed by atoms with Crippen LogP contribution in [0.15, 0.2) is 0 Å². The van der Waals surface area contributed by atoms with Gasteiger partial charge in [0.15, 0.2) is 0 Å². The highest BCUT2D eigenvalue weighted by Gasteiger charge is 2.39. The molecule has 1 fully saturated rings. The molecule has 1 aliphatic rings. The van der Waals surface area contributed by atoms with Crippen molar-refractivity contribution in [1.29, 1.82) is 0 Å². The van der Waals surface area contributed by atoms with Crippen molar-refractivity contribution in [2.45, 2.75) is 57.7 Å². The van der Waals surface area contributed by atoms with Gasteiger partial charge in [0.25, 0.3) is 0 Å². The Balaban J connectivity index is 2.32. The second-order valence-corrected chi connectivity index (χ2v) is 5.14. The largest absolute Gasteiger partial charge is 0.480 e. The van der Waals surface area contributed by atoms with E-state index in [1.54, 1.807) is 6.92 Å². The van der Waals surface area contributed by atoms with Gasteiger partial charge in [-0.2, -0.15) is 0 Å². The van der Waals surface area contributed by atoms with Gasteiger partial charge in [-0.3, -0.25) is 10.1 Å². The van der Waals surface area contributed by atoms with Crippen molar-refractivity contribution in [3.05, 3.63) is 0 Å².